The molecule has 8 heteroatoms. The van der Waals surface area contributed by atoms with Gasteiger partial charge >= 0.3 is 6.09 Å². The van der Waals surface area contributed by atoms with E-state index in [-0.39, 0.29) is 20.7 Å². The van der Waals surface area contributed by atoms with E-state index in [0.717, 1.165) is 12.8 Å². The van der Waals surface area contributed by atoms with E-state index in [4.69, 9.17) is 0 Å². The molecule has 2 heterocycles. The molecule has 1 unspecified atom stereocenters. The number of rotatable bonds is 7. The predicted octanol–water partition coefficient (Wildman–Crippen LogP) is 3.12. The third kappa shape index (κ3) is 4.17. The van der Waals surface area contributed by atoms with Crippen molar-refractivity contribution in [2.24, 2.45) is 5.92 Å². The van der Waals surface area contributed by atoms with Gasteiger partial charge in [-0.1, -0.05) is 19.9 Å². The van der Waals surface area contributed by atoms with Crippen LogP contribution < -0.4 is 4.72 Å². The van der Waals surface area contributed by atoms with Gasteiger partial charge in [-0.25, -0.2) is 17.6 Å². The van der Waals surface area contributed by atoms with Crippen LogP contribution in [-0.2, 0) is 10.0 Å². The number of nitrogens with one attached hydrogen (secondary N) is 1. The molecule has 24 heavy (non-hydrogen) atoms. The van der Waals surface area contributed by atoms with Gasteiger partial charge in [-0.2, -0.15) is 4.79 Å². The zero-order valence-electron chi connectivity index (χ0n) is 14.4. The van der Waals surface area contributed by atoms with Gasteiger partial charge in [-0.05, 0) is 30.7 Å². The summed E-state index contributed by atoms with van der Waals surface area (Å²) in [7, 11) is -3.61. The van der Waals surface area contributed by atoms with Crippen LogP contribution in [-0.4, -0.2) is 49.3 Å². The van der Waals surface area contributed by atoms with Crippen LogP contribution in [0.1, 0.15) is 40.0 Å². The molecule has 0 aliphatic carbocycles. The molecule has 1 aromatic rings. The Morgan fingerprint density at radius 3 is 2.67 bits per heavy atom. The molecule has 1 aliphatic rings. The summed E-state index contributed by atoms with van der Waals surface area (Å²) in [6, 6.07) is 2.88. The number of nitrogens with zero attached hydrogens (tertiary/aromatic N) is 1. The van der Waals surface area contributed by atoms with Gasteiger partial charge in [-0.3, -0.25) is 0 Å². The highest BCUT2D eigenvalue weighted by atomic mass is 32.2. The quantitative estimate of drug-likeness (QED) is 0.717. The molecule has 0 radical (unpaired) electrons. The molecule has 136 valence electrons. The summed E-state index contributed by atoms with van der Waals surface area (Å²) in [5, 5.41) is 11.5. The van der Waals surface area contributed by atoms with E-state index in [1.54, 1.807) is 17.5 Å². The van der Waals surface area contributed by atoms with Crippen LogP contribution in [0.4, 0.5) is 4.79 Å². The summed E-state index contributed by atoms with van der Waals surface area (Å²) in [6.45, 7) is 6.84. The van der Waals surface area contributed by atoms with Crippen LogP contribution in [0.25, 0.3) is 0 Å². The summed E-state index contributed by atoms with van der Waals surface area (Å²) in [6.07, 6.45) is 1.48. The zero-order valence-corrected chi connectivity index (χ0v) is 16.1. The Labute approximate surface area is 148 Å². The largest absolute Gasteiger partial charge is 0.513 e. The van der Waals surface area contributed by atoms with Gasteiger partial charge in [0.15, 0.2) is 0 Å². The molecule has 0 saturated carbocycles. The maximum absolute atomic E-state index is 12.6. The van der Waals surface area contributed by atoms with Gasteiger partial charge in [0, 0.05) is 12.8 Å². The molecule has 0 aromatic carbocycles. The van der Waals surface area contributed by atoms with Gasteiger partial charge in [0.05, 0.1) is 18.6 Å². The molecule has 1 aromatic heterocycles. The van der Waals surface area contributed by atoms with Crippen LogP contribution >= 0.6 is 11.3 Å². The minimum Gasteiger partial charge on any atom is -0.435 e. The van der Waals surface area contributed by atoms with Gasteiger partial charge < -0.3 is 5.11 Å². The first-order valence-electron chi connectivity index (χ1n) is 8.33. The fourth-order valence-electron chi connectivity index (χ4n) is 3.59. The van der Waals surface area contributed by atoms with E-state index in [1.807, 2.05) is 20.8 Å². The molecule has 0 spiro atoms. The Kier molecular flexibility index (Phi) is 6.06. The molecule has 1 fully saturated rings. The average Bonchev–Trinajstić information content (AvgIpc) is 3.09. The minimum atomic E-state index is -3.61. The summed E-state index contributed by atoms with van der Waals surface area (Å²) >= 11 is 1.17. The van der Waals surface area contributed by atoms with Gasteiger partial charge in [0.25, 0.3) is 10.0 Å². The summed E-state index contributed by atoms with van der Waals surface area (Å²) in [5.74, 6) is 0.271. The minimum absolute atomic E-state index is 0.00315. The smallest absolute Gasteiger partial charge is 0.435 e. The standard InChI is InChI=1S/C16H26N2O4S2/c1-12(2)10-14(17-24(21,22)15-7-5-9-23-15)11-18(16(19)20)8-4-6-13(18)3/h5,7,9,12-14,17H,4,6,8,10-11H2,1-3H3/p+1/t13-,14+,18?/m1/s1. The Balaban J connectivity index is 2.24. The zero-order chi connectivity index (χ0) is 18.0. The molecular weight excluding hydrogens is 348 g/mol. The third-order valence-electron chi connectivity index (χ3n) is 4.79. The fraction of sp³-hybridized carbons (Fsp3) is 0.688. The second-order valence-corrected chi connectivity index (χ2v) is 9.98. The van der Waals surface area contributed by atoms with Crippen LogP contribution in [0, 0.1) is 5.92 Å². The SMILES string of the molecule is CC(C)C[C@@H](C[N+]1(C(=O)O)CCC[C@H]1C)NS(=O)(=O)c1cccs1. The number of amides is 1. The van der Waals surface area contributed by atoms with E-state index in [0.29, 0.717) is 19.5 Å². The monoisotopic (exact) mass is 375 g/mol. The molecule has 1 aliphatic heterocycles. The lowest BCUT2D eigenvalue weighted by atomic mass is 10.0. The number of carbonyl (C=O) groups is 1. The van der Waals surface area contributed by atoms with Crippen LogP contribution in [0.3, 0.4) is 0 Å². The number of thiophene rings is 1. The first-order chi connectivity index (χ1) is 11.2. The first-order valence-corrected chi connectivity index (χ1v) is 10.7. The first kappa shape index (κ1) is 19.4. The van der Waals surface area contributed by atoms with Crippen molar-refractivity contribution < 1.29 is 22.8 Å². The predicted molar refractivity (Wildman–Crippen MR) is 94.6 cm³/mol. The molecular formula is C16H27N2O4S2+. The summed E-state index contributed by atoms with van der Waals surface area (Å²) < 4.78 is 28.1. The molecule has 0 bridgehead atoms. The van der Waals surface area contributed by atoms with E-state index >= 15 is 0 Å². The number of quaternary nitrogens is 1. The Morgan fingerprint density at radius 2 is 2.21 bits per heavy atom. The van der Waals surface area contributed by atoms with Gasteiger partial charge in [0.1, 0.15) is 10.8 Å². The second kappa shape index (κ2) is 7.51. The van der Waals surface area contributed by atoms with Crippen molar-refractivity contribution in [2.75, 3.05) is 13.1 Å². The van der Waals surface area contributed by atoms with E-state index < -0.39 is 22.2 Å². The molecule has 1 saturated heterocycles. The number of hydrogen-bond donors (Lipinski definition) is 2. The van der Waals surface area contributed by atoms with E-state index in [9.17, 15) is 18.3 Å². The second-order valence-electron chi connectivity index (χ2n) is 7.09. The highest BCUT2D eigenvalue weighted by molar-refractivity contribution is 7.91. The highest BCUT2D eigenvalue weighted by Crippen LogP contribution is 2.29. The summed E-state index contributed by atoms with van der Waals surface area (Å²) in [5.41, 5.74) is 0. The van der Waals surface area contributed by atoms with Gasteiger partial charge in [0.2, 0.25) is 0 Å². The molecule has 6 nitrogen and oxygen atoms in total. The average molecular weight is 376 g/mol. The Bertz CT molecular complexity index is 658. The topological polar surface area (TPSA) is 83.5 Å². The van der Waals surface area contributed by atoms with E-state index in [1.165, 1.54) is 11.3 Å². The number of hydrogen-bond acceptors (Lipinski definition) is 4. The lowest BCUT2D eigenvalue weighted by molar-refractivity contribution is -0.868. The molecule has 3 atom stereocenters. The van der Waals surface area contributed by atoms with Crippen molar-refractivity contribution in [3.63, 3.8) is 0 Å². The molecule has 1 amide bonds. The normalized spacial score (nSPS) is 25.9. The van der Waals surface area contributed by atoms with Crippen molar-refractivity contribution in [1.29, 1.82) is 0 Å². The maximum Gasteiger partial charge on any atom is 0.513 e. The van der Waals surface area contributed by atoms with Crippen molar-refractivity contribution in [2.45, 2.75) is 56.3 Å². The van der Waals surface area contributed by atoms with Crippen molar-refractivity contribution in [3.8, 4) is 0 Å². The Hall–Kier alpha value is -0.960. The van der Waals surface area contributed by atoms with Crippen molar-refractivity contribution in [3.05, 3.63) is 17.5 Å². The lowest BCUT2D eigenvalue weighted by Crippen LogP contribution is -2.60. The molecule has 2 rings (SSSR count). The van der Waals surface area contributed by atoms with E-state index in [2.05, 4.69) is 4.72 Å². The molecule has 2 N–H and O–H groups in total. The fourth-order valence-corrected chi connectivity index (χ4v) is 5.84. The van der Waals surface area contributed by atoms with Gasteiger partial charge in [-0.15, -0.1) is 11.3 Å². The highest BCUT2D eigenvalue weighted by Gasteiger charge is 2.48. The van der Waals surface area contributed by atoms with Crippen LogP contribution in [0.15, 0.2) is 21.7 Å². The maximum atomic E-state index is 12.6. The van der Waals surface area contributed by atoms with Crippen molar-refractivity contribution in [1.82, 2.24) is 4.72 Å². The number of carboxylic acid groups (broad SMARTS) is 1. The number of sulfonamides is 1. The Morgan fingerprint density at radius 1 is 1.50 bits per heavy atom. The van der Waals surface area contributed by atoms with Crippen molar-refractivity contribution >= 4 is 27.5 Å². The number of likely N-dealkylation sites (tertiary alicyclic amines) is 1. The van der Waals surface area contributed by atoms with Crippen LogP contribution in [0.5, 0.6) is 0 Å². The lowest BCUT2D eigenvalue weighted by Gasteiger charge is -2.36. The third-order valence-corrected chi connectivity index (χ3v) is 7.71. The summed E-state index contributed by atoms with van der Waals surface area (Å²) in [4.78, 5) is 11.9. The van der Waals surface area contributed by atoms with Crippen LogP contribution in [0.2, 0.25) is 0 Å².